The molecule has 1 aliphatic heterocycles. The summed E-state index contributed by atoms with van der Waals surface area (Å²) in [7, 11) is 0. The maximum atomic E-state index is 11.2. The monoisotopic (exact) mass is 205 g/mol. The molecule has 0 aromatic heterocycles. The third-order valence-electron chi connectivity index (χ3n) is 2.65. The van der Waals surface area contributed by atoms with E-state index >= 15 is 0 Å². The Morgan fingerprint density at radius 1 is 1.40 bits per heavy atom. The van der Waals surface area contributed by atoms with Crippen molar-refractivity contribution in [2.45, 2.75) is 19.9 Å². The average Bonchev–Trinajstić information content (AvgIpc) is 2.17. The standard InChI is InChI=1S/C12H15NO2/c1-8-3-4-10(9(2)5-8)11-6-15-7-12(14)13-11/h3-5,11H,6-7H2,1-2H3,(H,13,14). The predicted octanol–water partition coefficient (Wildman–Crippen LogP) is 1.49. The van der Waals surface area contributed by atoms with Crippen molar-refractivity contribution >= 4 is 5.91 Å². The number of morpholine rings is 1. The molecule has 15 heavy (non-hydrogen) atoms. The summed E-state index contributed by atoms with van der Waals surface area (Å²) in [6.07, 6.45) is 0. The lowest BCUT2D eigenvalue weighted by molar-refractivity contribution is -0.131. The van der Waals surface area contributed by atoms with Gasteiger partial charge in [0.1, 0.15) is 6.61 Å². The van der Waals surface area contributed by atoms with Crippen LogP contribution >= 0.6 is 0 Å². The fourth-order valence-electron chi connectivity index (χ4n) is 1.93. The highest BCUT2D eigenvalue weighted by atomic mass is 16.5. The number of amides is 1. The van der Waals surface area contributed by atoms with Gasteiger partial charge in [-0.05, 0) is 25.0 Å². The number of carbonyl (C=O) groups is 1. The summed E-state index contributed by atoms with van der Waals surface area (Å²) < 4.78 is 5.22. The van der Waals surface area contributed by atoms with Gasteiger partial charge in [0.15, 0.2) is 0 Å². The molecule has 3 nitrogen and oxygen atoms in total. The minimum Gasteiger partial charge on any atom is -0.369 e. The van der Waals surface area contributed by atoms with Crippen LogP contribution in [0.1, 0.15) is 22.7 Å². The molecule has 1 fully saturated rings. The first-order chi connectivity index (χ1) is 7.16. The Hall–Kier alpha value is -1.35. The summed E-state index contributed by atoms with van der Waals surface area (Å²) in [5, 5.41) is 2.93. The van der Waals surface area contributed by atoms with Crippen LogP contribution in [0.3, 0.4) is 0 Å². The Kier molecular flexibility index (Phi) is 2.73. The van der Waals surface area contributed by atoms with Gasteiger partial charge in [-0.2, -0.15) is 0 Å². The minimum atomic E-state index is -0.0359. The van der Waals surface area contributed by atoms with Gasteiger partial charge < -0.3 is 10.1 Å². The van der Waals surface area contributed by atoms with Crippen LogP contribution in [0.5, 0.6) is 0 Å². The second-order valence-corrected chi connectivity index (χ2v) is 4.00. The molecule has 1 aromatic carbocycles. The fraction of sp³-hybridized carbons (Fsp3) is 0.417. The molecular formula is C12H15NO2. The molecule has 0 radical (unpaired) electrons. The van der Waals surface area contributed by atoms with Crippen LogP contribution < -0.4 is 5.32 Å². The van der Waals surface area contributed by atoms with Crippen LogP contribution in [-0.2, 0) is 9.53 Å². The molecule has 0 spiro atoms. The molecule has 1 aliphatic rings. The van der Waals surface area contributed by atoms with Gasteiger partial charge in [-0.25, -0.2) is 0 Å². The maximum Gasteiger partial charge on any atom is 0.246 e. The summed E-state index contributed by atoms with van der Waals surface area (Å²) in [6.45, 7) is 4.87. The van der Waals surface area contributed by atoms with E-state index in [1.165, 1.54) is 11.1 Å². The van der Waals surface area contributed by atoms with Gasteiger partial charge in [0, 0.05) is 0 Å². The third-order valence-corrected chi connectivity index (χ3v) is 2.65. The molecule has 1 unspecified atom stereocenters. The van der Waals surface area contributed by atoms with Crippen LogP contribution in [0, 0.1) is 13.8 Å². The van der Waals surface area contributed by atoms with E-state index < -0.39 is 0 Å². The topological polar surface area (TPSA) is 38.3 Å². The molecule has 3 heteroatoms. The van der Waals surface area contributed by atoms with E-state index in [1.54, 1.807) is 0 Å². The second kappa shape index (κ2) is 4.03. The van der Waals surface area contributed by atoms with Gasteiger partial charge in [-0.1, -0.05) is 23.8 Å². The van der Waals surface area contributed by atoms with Crippen molar-refractivity contribution in [2.75, 3.05) is 13.2 Å². The Morgan fingerprint density at radius 2 is 2.20 bits per heavy atom. The molecule has 1 N–H and O–H groups in total. The smallest absolute Gasteiger partial charge is 0.246 e. The SMILES string of the molecule is Cc1ccc(C2COCC(=O)N2)c(C)c1. The van der Waals surface area contributed by atoms with Crippen LogP contribution in [0.2, 0.25) is 0 Å². The Balaban J connectivity index is 2.24. The first kappa shape index (κ1) is 10.2. The zero-order valence-corrected chi connectivity index (χ0v) is 9.04. The van der Waals surface area contributed by atoms with Crippen LogP contribution in [0.25, 0.3) is 0 Å². The Labute approximate surface area is 89.4 Å². The molecule has 0 aliphatic carbocycles. The number of hydrogen-bond donors (Lipinski definition) is 1. The van der Waals surface area contributed by atoms with Gasteiger partial charge in [0.25, 0.3) is 0 Å². The highest BCUT2D eigenvalue weighted by Crippen LogP contribution is 2.20. The molecule has 0 saturated carbocycles. The number of aryl methyl sites for hydroxylation is 2. The third kappa shape index (κ3) is 2.18. The second-order valence-electron chi connectivity index (χ2n) is 4.00. The highest BCUT2D eigenvalue weighted by molar-refractivity contribution is 5.78. The maximum absolute atomic E-state index is 11.2. The molecule has 2 rings (SSSR count). The number of nitrogens with one attached hydrogen (secondary N) is 1. The zero-order valence-electron chi connectivity index (χ0n) is 9.04. The van der Waals surface area contributed by atoms with Crippen molar-refractivity contribution in [1.82, 2.24) is 5.32 Å². The molecular weight excluding hydrogens is 190 g/mol. The first-order valence-electron chi connectivity index (χ1n) is 5.11. The van der Waals surface area contributed by atoms with Gasteiger partial charge >= 0.3 is 0 Å². The van der Waals surface area contributed by atoms with E-state index in [2.05, 4.69) is 37.4 Å². The van der Waals surface area contributed by atoms with Crippen molar-refractivity contribution in [3.63, 3.8) is 0 Å². The molecule has 1 heterocycles. The van der Waals surface area contributed by atoms with Crippen LogP contribution in [-0.4, -0.2) is 19.1 Å². The molecule has 1 saturated heterocycles. The van der Waals surface area contributed by atoms with Gasteiger partial charge in [-0.3, -0.25) is 4.79 Å². The summed E-state index contributed by atoms with van der Waals surface area (Å²) >= 11 is 0. The number of rotatable bonds is 1. The zero-order chi connectivity index (χ0) is 10.8. The quantitative estimate of drug-likeness (QED) is 0.754. The summed E-state index contributed by atoms with van der Waals surface area (Å²) in [5.74, 6) is -0.0359. The summed E-state index contributed by atoms with van der Waals surface area (Å²) in [4.78, 5) is 11.2. The highest BCUT2D eigenvalue weighted by Gasteiger charge is 2.21. The normalized spacial score (nSPS) is 21.2. The summed E-state index contributed by atoms with van der Waals surface area (Å²) in [5.41, 5.74) is 3.58. The van der Waals surface area contributed by atoms with Crippen LogP contribution in [0.4, 0.5) is 0 Å². The van der Waals surface area contributed by atoms with E-state index in [0.29, 0.717) is 6.61 Å². The van der Waals surface area contributed by atoms with Gasteiger partial charge in [0.05, 0.1) is 12.6 Å². The lowest BCUT2D eigenvalue weighted by atomic mass is 9.99. The van der Waals surface area contributed by atoms with E-state index in [1.807, 2.05) is 0 Å². The van der Waals surface area contributed by atoms with Crippen molar-refractivity contribution < 1.29 is 9.53 Å². The fourth-order valence-corrected chi connectivity index (χ4v) is 1.93. The number of ether oxygens (including phenoxy) is 1. The van der Waals surface area contributed by atoms with E-state index in [-0.39, 0.29) is 18.6 Å². The van der Waals surface area contributed by atoms with Crippen molar-refractivity contribution in [3.8, 4) is 0 Å². The molecule has 80 valence electrons. The van der Waals surface area contributed by atoms with Gasteiger partial charge in [0.2, 0.25) is 5.91 Å². The molecule has 1 amide bonds. The Bertz CT molecular complexity index is 387. The average molecular weight is 205 g/mol. The number of benzene rings is 1. The molecule has 1 aromatic rings. The summed E-state index contributed by atoms with van der Waals surface area (Å²) in [6, 6.07) is 6.25. The minimum absolute atomic E-state index is 0.00634. The van der Waals surface area contributed by atoms with Crippen molar-refractivity contribution in [1.29, 1.82) is 0 Å². The van der Waals surface area contributed by atoms with Crippen molar-refractivity contribution in [3.05, 3.63) is 34.9 Å². The number of carbonyl (C=O) groups excluding carboxylic acids is 1. The predicted molar refractivity (Wildman–Crippen MR) is 57.6 cm³/mol. The van der Waals surface area contributed by atoms with Gasteiger partial charge in [-0.15, -0.1) is 0 Å². The van der Waals surface area contributed by atoms with Crippen molar-refractivity contribution in [2.24, 2.45) is 0 Å². The Morgan fingerprint density at radius 3 is 2.87 bits per heavy atom. The largest absolute Gasteiger partial charge is 0.369 e. The number of hydrogen-bond acceptors (Lipinski definition) is 2. The van der Waals surface area contributed by atoms with E-state index in [0.717, 1.165) is 5.56 Å². The molecule has 0 bridgehead atoms. The molecule has 1 atom stereocenters. The van der Waals surface area contributed by atoms with Crippen LogP contribution in [0.15, 0.2) is 18.2 Å². The van der Waals surface area contributed by atoms with E-state index in [4.69, 9.17) is 4.74 Å². The lowest BCUT2D eigenvalue weighted by Gasteiger charge is -2.25. The van der Waals surface area contributed by atoms with E-state index in [9.17, 15) is 4.79 Å². The lowest BCUT2D eigenvalue weighted by Crippen LogP contribution is -2.40. The first-order valence-corrected chi connectivity index (χ1v) is 5.11.